The Balaban J connectivity index is 1.78. The van der Waals surface area contributed by atoms with E-state index in [1.807, 2.05) is 0 Å². The molecular weight excluding hydrogens is 260 g/mol. The van der Waals surface area contributed by atoms with Crippen molar-refractivity contribution in [3.63, 3.8) is 0 Å². The summed E-state index contributed by atoms with van der Waals surface area (Å²) in [6, 6.07) is 0.329. The lowest BCUT2D eigenvalue weighted by Gasteiger charge is -2.34. The zero-order valence-corrected chi connectivity index (χ0v) is 11.3. The number of rotatable bonds is 5. The lowest BCUT2D eigenvalue weighted by molar-refractivity contribution is 0.0327. The van der Waals surface area contributed by atoms with Crippen LogP contribution in [0, 0.1) is 0 Å². The third-order valence-electron chi connectivity index (χ3n) is 3.23. The second-order valence-corrected chi connectivity index (χ2v) is 4.54. The minimum absolute atomic E-state index is 0.327. The van der Waals surface area contributed by atoms with Crippen LogP contribution in [0.3, 0.4) is 0 Å². The van der Waals surface area contributed by atoms with Crippen molar-refractivity contribution in [3.8, 4) is 5.95 Å². The standard InChI is InChI=1S/C11H16N8O/c1-12-9-16-10(15-7-3-8(4-7)20-2)18-11(17-9)19-6-13-5-14-19/h5-8H,3-4H2,1-2H3,(H2,12,15,16,17,18). The Hall–Kier alpha value is -2.29. The molecule has 0 spiro atoms. The van der Waals surface area contributed by atoms with Crippen LogP contribution in [-0.2, 0) is 4.74 Å². The van der Waals surface area contributed by atoms with Crippen molar-refractivity contribution in [1.82, 2.24) is 29.7 Å². The Morgan fingerprint density at radius 1 is 1.25 bits per heavy atom. The van der Waals surface area contributed by atoms with E-state index in [4.69, 9.17) is 4.74 Å². The molecule has 106 valence electrons. The number of anilines is 2. The van der Waals surface area contributed by atoms with Crippen LogP contribution in [-0.4, -0.2) is 56.0 Å². The molecule has 0 radical (unpaired) electrons. The first-order valence-corrected chi connectivity index (χ1v) is 6.36. The molecule has 0 aromatic carbocycles. The first kappa shape index (κ1) is 12.7. The van der Waals surface area contributed by atoms with E-state index in [2.05, 4.69) is 35.7 Å². The van der Waals surface area contributed by atoms with Gasteiger partial charge in [0.2, 0.25) is 11.9 Å². The van der Waals surface area contributed by atoms with Gasteiger partial charge in [0.1, 0.15) is 12.7 Å². The SMILES string of the molecule is CNc1nc(NC2CC(OC)C2)nc(-n2cncn2)n1. The second kappa shape index (κ2) is 5.37. The minimum Gasteiger partial charge on any atom is -0.381 e. The predicted octanol–water partition coefficient (Wildman–Crippen LogP) is 0.0833. The summed E-state index contributed by atoms with van der Waals surface area (Å²) in [5, 5.41) is 10.2. The van der Waals surface area contributed by atoms with Crippen LogP contribution in [0.5, 0.6) is 0 Å². The van der Waals surface area contributed by atoms with E-state index in [0.29, 0.717) is 30.0 Å². The van der Waals surface area contributed by atoms with Crippen molar-refractivity contribution in [2.24, 2.45) is 0 Å². The highest BCUT2D eigenvalue weighted by Gasteiger charge is 2.29. The van der Waals surface area contributed by atoms with Crippen molar-refractivity contribution < 1.29 is 4.74 Å². The predicted molar refractivity (Wildman–Crippen MR) is 71.7 cm³/mol. The molecule has 0 bridgehead atoms. The molecule has 1 aliphatic rings. The zero-order chi connectivity index (χ0) is 13.9. The smallest absolute Gasteiger partial charge is 0.258 e. The lowest BCUT2D eigenvalue weighted by atomic mass is 9.89. The van der Waals surface area contributed by atoms with Gasteiger partial charge in [0.25, 0.3) is 5.95 Å². The molecule has 9 nitrogen and oxygen atoms in total. The number of nitrogens with one attached hydrogen (secondary N) is 2. The number of hydrogen-bond acceptors (Lipinski definition) is 8. The van der Waals surface area contributed by atoms with Crippen LogP contribution in [0.1, 0.15) is 12.8 Å². The van der Waals surface area contributed by atoms with Crippen LogP contribution >= 0.6 is 0 Å². The van der Waals surface area contributed by atoms with Gasteiger partial charge in [-0.05, 0) is 12.8 Å². The summed E-state index contributed by atoms with van der Waals surface area (Å²) in [6.45, 7) is 0. The zero-order valence-electron chi connectivity index (χ0n) is 11.3. The molecule has 2 heterocycles. The molecule has 1 fully saturated rings. The van der Waals surface area contributed by atoms with Gasteiger partial charge in [-0.25, -0.2) is 4.98 Å². The van der Waals surface area contributed by atoms with Crippen molar-refractivity contribution >= 4 is 11.9 Å². The quantitative estimate of drug-likeness (QED) is 0.791. The summed E-state index contributed by atoms with van der Waals surface area (Å²) in [4.78, 5) is 16.8. The number of hydrogen-bond donors (Lipinski definition) is 2. The molecule has 20 heavy (non-hydrogen) atoms. The van der Waals surface area contributed by atoms with E-state index in [1.54, 1.807) is 20.5 Å². The third kappa shape index (κ3) is 2.52. The Bertz CT molecular complexity index is 566. The maximum atomic E-state index is 5.25. The number of ether oxygens (including phenoxy) is 1. The van der Waals surface area contributed by atoms with Gasteiger partial charge < -0.3 is 15.4 Å². The normalized spacial score (nSPS) is 21.3. The number of nitrogens with zero attached hydrogens (tertiary/aromatic N) is 6. The molecule has 1 saturated carbocycles. The van der Waals surface area contributed by atoms with Gasteiger partial charge in [0.15, 0.2) is 0 Å². The van der Waals surface area contributed by atoms with E-state index < -0.39 is 0 Å². The summed E-state index contributed by atoms with van der Waals surface area (Å²) in [7, 11) is 3.49. The fourth-order valence-corrected chi connectivity index (χ4v) is 2.01. The van der Waals surface area contributed by atoms with Crippen molar-refractivity contribution in [2.75, 3.05) is 24.8 Å². The van der Waals surface area contributed by atoms with Gasteiger partial charge in [0, 0.05) is 20.2 Å². The molecule has 0 saturated heterocycles. The molecule has 2 aromatic heterocycles. The topological polar surface area (TPSA) is 103 Å². The third-order valence-corrected chi connectivity index (χ3v) is 3.23. The summed E-state index contributed by atoms with van der Waals surface area (Å²) in [6.07, 6.45) is 5.22. The van der Waals surface area contributed by atoms with Crippen LogP contribution in [0.2, 0.25) is 0 Å². The number of methoxy groups -OCH3 is 1. The van der Waals surface area contributed by atoms with Crippen molar-refractivity contribution in [1.29, 1.82) is 0 Å². The van der Waals surface area contributed by atoms with Crippen molar-refractivity contribution in [2.45, 2.75) is 25.0 Å². The van der Waals surface area contributed by atoms with E-state index in [-0.39, 0.29) is 0 Å². The Labute approximate surface area is 115 Å². The molecule has 3 rings (SSSR count). The highest BCUT2D eigenvalue weighted by Crippen LogP contribution is 2.25. The summed E-state index contributed by atoms with van der Waals surface area (Å²) in [5.74, 6) is 1.43. The van der Waals surface area contributed by atoms with Gasteiger partial charge in [-0.1, -0.05) is 0 Å². The molecule has 2 N–H and O–H groups in total. The van der Waals surface area contributed by atoms with E-state index in [9.17, 15) is 0 Å². The van der Waals surface area contributed by atoms with Crippen LogP contribution in [0.25, 0.3) is 5.95 Å². The Morgan fingerprint density at radius 2 is 2.05 bits per heavy atom. The average Bonchev–Trinajstić information content (AvgIpc) is 2.96. The lowest BCUT2D eigenvalue weighted by Crippen LogP contribution is -2.40. The molecule has 9 heteroatoms. The highest BCUT2D eigenvalue weighted by molar-refractivity contribution is 5.38. The molecule has 1 aliphatic carbocycles. The molecular formula is C11H16N8O. The molecule has 2 aromatic rings. The molecule has 0 aliphatic heterocycles. The van der Waals surface area contributed by atoms with Crippen LogP contribution in [0.15, 0.2) is 12.7 Å². The average molecular weight is 276 g/mol. The van der Waals surface area contributed by atoms with Gasteiger partial charge in [-0.2, -0.15) is 24.7 Å². The summed E-state index contributed by atoms with van der Waals surface area (Å²) >= 11 is 0. The Morgan fingerprint density at radius 3 is 2.70 bits per heavy atom. The van der Waals surface area contributed by atoms with Crippen LogP contribution < -0.4 is 10.6 Å². The monoisotopic (exact) mass is 276 g/mol. The maximum absolute atomic E-state index is 5.25. The van der Waals surface area contributed by atoms with E-state index >= 15 is 0 Å². The largest absolute Gasteiger partial charge is 0.381 e. The Kier molecular flexibility index (Phi) is 3.42. The van der Waals surface area contributed by atoms with Gasteiger partial charge in [-0.15, -0.1) is 0 Å². The number of aromatic nitrogens is 6. The fraction of sp³-hybridized carbons (Fsp3) is 0.545. The van der Waals surface area contributed by atoms with Gasteiger partial charge in [0.05, 0.1) is 6.10 Å². The van der Waals surface area contributed by atoms with E-state index in [1.165, 1.54) is 11.0 Å². The minimum atomic E-state index is 0.327. The van der Waals surface area contributed by atoms with Gasteiger partial charge >= 0.3 is 0 Å². The molecule has 0 atom stereocenters. The first-order chi connectivity index (χ1) is 9.78. The van der Waals surface area contributed by atoms with E-state index in [0.717, 1.165) is 12.8 Å². The summed E-state index contributed by atoms with van der Waals surface area (Å²) < 4.78 is 6.75. The fourth-order valence-electron chi connectivity index (χ4n) is 2.01. The molecule has 0 amide bonds. The van der Waals surface area contributed by atoms with Crippen LogP contribution in [0.4, 0.5) is 11.9 Å². The van der Waals surface area contributed by atoms with Gasteiger partial charge in [-0.3, -0.25) is 0 Å². The highest BCUT2D eigenvalue weighted by atomic mass is 16.5. The molecule has 0 unspecified atom stereocenters. The first-order valence-electron chi connectivity index (χ1n) is 6.36. The maximum Gasteiger partial charge on any atom is 0.258 e. The summed E-state index contributed by atoms with van der Waals surface area (Å²) in [5.41, 5.74) is 0. The van der Waals surface area contributed by atoms with Crippen molar-refractivity contribution in [3.05, 3.63) is 12.7 Å². The second-order valence-electron chi connectivity index (χ2n) is 4.54.